The van der Waals surface area contributed by atoms with Gasteiger partial charge in [-0.3, -0.25) is 19.6 Å². The van der Waals surface area contributed by atoms with Gasteiger partial charge in [0, 0.05) is 24.6 Å². The van der Waals surface area contributed by atoms with Crippen LogP contribution in [0.25, 0.3) is 5.69 Å². The summed E-state index contributed by atoms with van der Waals surface area (Å²) < 4.78 is 3.38. The van der Waals surface area contributed by atoms with Gasteiger partial charge in [-0.1, -0.05) is 0 Å². The monoisotopic (exact) mass is 288 g/mol. The Kier molecular flexibility index (Phi) is 3.04. The van der Waals surface area contributed by atoms with Crippen molar-refractivity contribution >= 4 is 11.4 Å². The maximum atomic E-state index is 12.4. The van der Waals surface area contributed by atoms with Crippen LogP contribution in [0.3, 0.4) is 0 Å². The molecule has 0 radical (unpaired) electrons. The van der Waals surface area contributed by atoms with Crippen molar-refractivity contribution < 1.29 is 4.92 Å². The lowest BCUT2D eigenvalue weighted by Gasteiger charge is -2.12. The van der Waals surface area contributed by atoms with E-state index in [1.807, 2.05) is 11.6 Å². The zero-order valence-corrected chi connectivity index (χ0v) is 11.7. The second-order valence-electron chi connectivity index (χ2n) is 5.18. The number of nitrogens with zero attached hydrogens (tertiary/aromatic N) is 3. The molecular weight excluding hydrogens is 272 g/mol. The van der Waals surface area contributed by atoms with Gasteiger partial charge in [-0.25, -0.2) is 4.68 Å². The van der Waals surface area contributed by atoms with Gasteiger partial charge in [-0.15, -0.1) is 0 Å². The van der Waals surface area contributed by atoms with Crippen LogP contribution in [0.2, 0.25) is 0 Å². The highest BCUT2D eigenvalue weighted by molar-refractivity contribution is 5.49. The average Bonchev–Trinajstić information content (AvgIpc) is 3.27. The van der Waals surface area contributed by atoms with Crippen LogP contribution in [-0.2, 0) is 6.54 Å². The first-order valence-electron chi connectivity index (χ1n) is 6.90. The number of nitro benzene ring substituents is 1. The third kappa shape index (κ3) is 2.10. The third-order valence-electron chi connectivity index (χ3n) is 3.79. The molecule has 0 atom stereocenters. The third-order valence-corrected chi connectivity index (χ3v) is 3.79. The van der Waals surface area contributed by atoms with Crippen LogP contribution in [0.1, 0.15) is 31.4 Å². The average molecular weight is 288 g/mol. The molecule has 1 saturated carbocycles. The number of anilines is 1. The number of nitro groups is 1. The summed E-state index contributed by atoms with van der Waals surface area (Å²) in [6.07, 6.45) is 2.10. The molecule has 3 rings (SSSR count). The van der Waals surface area contributed by atoms with Crippen molar-refractivity contribution in [3.63, 3.8) is 0 Å². The quantitative estimate of drug-likeness (QED) is 0.687. The van der Waals surface area contributed by atoms with Crippen LogP contribution in [0.15, 0.2) is 29.1 Å². The normalized spacial score (nSPS) is 14.3. The molecule has 0 bridgehead atoms. The zero-order chi connectivity index (χ0) is 15.1. The minimum Gasteiger partial charge on any atom is -0.393 e. The standard InChI is InChI=1S/C14H16N4O3/c1-2-16-13(9-3-4-9)12(15)14(19)17(16)10-5-7-11(8-6-10)18(20)21/h5-9H,2-4,15H2,1H3. The van der Waals surface area contributed by atoms with Crippen molar-refractivity contribution in [3.8, 4) is 5.69 Å². The fraction of sp³-hybridized carbons (Fsp3) is 0.357. The Balaban J connectivity index is 2.15. The van der Waals surface area contributed by atoms with Crippen molar-refractivity contribution in [1.29, 1.82) is 0 Å². The molecule has 1 heterocycles. The highest BCUT2D eigenvalue weighted by Gasteiger charge is 2.32. The Labute approximate surface area is 120 Å². The van der Waals surface area contributed by atoms with Crippen molar-refractivity contribution in [3.05, 3.63) is 50.4 Å². The first-order chi connectivity index (χ1) is 10.0. The van der Waals surface area contributed by atoms with E-state index >= 15 is 0 Å². The summed E-state index contributed by atoms with van der Waals surface area (Å²) in [6, 6.07) is 5.92. The Bertz CT molecular complexity index is 754. The van der Waals surface area contributed by atoms with Crippen LogP contribution in [0.5, 0.6) is 0 Å². The maximum absolute atomic E-state index is 12.4. The van der Waals surface area contributed by atoms with E-state index < -0.39 is 4.92 Å². The number of non-ortho nitro benzene ring substituents is 1. The fourth-order valence-electron chi connectivity index (χ4n) is 2.65. The second kappa shape index (κ2) is 4.76. The predicted octanol–water partition coefficient (Wildman–Crippen LogP) is 2.03. The maximum Gasteiger partial charge on any atom is 0.294 e. The van der Waals surface area contributed by atoms with Crippen LogP contribution in [0.4, 0.5) is 11.4 Å². The van der Waals surface area contributed by atoms with Crippen LogP contribution in [-0.4, -0.2) is 14.3 Å². The summed E-state index contributed by atoms with van der Waals surface area (Å²) in [5.74, 6) is 0.358. The van der Waals surface area contributed by atoms with E-state index in [1.165, 1.54) is 16.8 Å². The minimum atomic E-state index is -0.463. The van der Waals surface area contributed by atoms with Gasteiger partial charge in [0.1, 0.15) is 5.69 Å². The van der Waals surface area contributed by atoms with Crippen molar-refractivity contribution in [2.45, 2.75) is 32.2 Å². The first-order valence-corrected chi connectivity index (χ1v) is 6.90. The van der Waals surface area contributed by atoms with Gasteiger partial charge < -0.3 is 5.73 Å². The molecule has 0 amide bonds. The van der Waals surface area contributed by atoms with Crippen LogP contribution in [0, 0.1) is 10.1 Å². The molecule has 2 N–H and O–H groups in total. The van der Waals surface area contributed by atoms with Crippen molar-refractivity contribution in [2.75, 3.05) is 5.73 Å². The lowest BCUT2D eigenvalue weighted by Crippen LogP contribution is -2.22. The summed E-state index contributed by atoms with van der Waals surface area (Å²) in [7, 11) is 0. The Morgan fingerprint density at radius 1 is 1.33 bits per heavy atom. The van der Waals surface area contributed by atoms with Gasteiger partial charge in [0.15, 0.2) is 0 Å². The lowest BCUT2D eigenvalue weighted by molar-refractivity contribution is -0.384. The van der Waals surface area contributed by atoms with Crippen molar-refractivity contribution in [1.82, 2.24) is 9.36 Å². The molecule has 1 aliphatic rings. The molecule has 7 heteroatoms. The number of hydrogen-bond donors (Lipinski definition) is 1. The summed E-state index contributed by atoms with van der Waals surface area (Å²) in [5.41, 5.74) is 7.48. The van der Waals surface area contributed by atoms with Gasteiger partial charge in [0.05, 0.1) is 16.3 Å². The summed E-state index contributed by atoms with van der Waals surface area (Å²) in [5, 5.41) is 10.7. The number of rotatable bonds is 4. The van der Waals surface area contributed by atoms with E-state index in [0.717, 1.165) is 18.5 Å². The van der Waals surface area contributed by atoms with E-state index in [2.05, 4.69) is 0 Å². The fourth-order valence-corrected chi connectivity index (χ4v) is 2.65. The van der Waals surface area contributed by atoms with E-state index in [0.29, 0.717) is 18.2 Å². The van der Waals surface area contributed by atoms with Gasteiger partial charge >= 0.3 is 0 Å². The van der Waals surface area contributed by atoms with Gasteiger partial charge in [0.25, 0.3) is 11.2 Å². The molecule has 0 unspecified atom stereocenters. The SMILES string of the molecule is CCn1c(C2CC2)c(N)c(=O)n1-c1ccc([N+](=O)[O-])cc1. The van der Waals surface area contributed by atoms with Crippen molar-refractivity contribution in [2.24, 2.45) is 0 Å². The molecule has 110 valence electrons. The number of benzene rings is 1. The molecule has 21 heavy (non-hydrogen) atoms. The van der Waals surface area contributed by atoms with Gasteiger partial charge in [-0.2, -0.15) is 0 Å². The summed E-state index contributed by atoms with van der Waals surface area (Å²) in [6.45, 7) is 2.57. The summed E-state index contributed by atoms with van der Waals surface area (Å²) >= 11 is 0. The van der Waals surface area contributed by atoms with Gasteiger partial charge in [-0.05, 0) is 31.9 Å². The number of aromatic nitrogens is 2. The molecule has 1 aromatic carbocycles. The zero-order valence-electron chi connectivity index (χ0n) is 11.7. The molecule has 1 fully saturated rings. The molecule has 1 aliphatic carbocycles. The first kappa shape index (κ1) is 13.4. The minimum absolute atomic E-state index is 0.00297. The Morgan fingerprint density at radius 3 is 2.43 bits per heavy atom. The molecule has 0 aliphatic heterocycles. The molecular formula is C14H16N4O3. The molecule has 0 saturated heterocycles. The second-order valence-corrected chi connectivity index (χ2v) is 5.18. The van der Waals surface area contributed by atoms with E-state index in [1.54, 1.807) is 12.1 Å². The number of nitrogen functional groups attached to an aromatic ring is 1. The molecule has 1 aromatic heterocycles. The smallest absolute Gasteiger partial charge is 0.294 e. The topological polar surface area (TPSA) is 96.1 Å². The predicted molar refractivity (Wildman–Crippen MR) is 78.7 cm³/mol. The summed E-state index contributed by atoms with van der Waals surface area (Å²) in [4.78, 5) is 22.6. The number of hydrogen-bond acceptors (Lipinski definition) is 4. The van der Waals surface area contributed by atoms with E-state index in [-0.39, 0.29) is 16.9 Å². The Morgan fingerprint density at radius 2 is 1.95 bits per heavy atom. The van der Waals surface area contributed by atoms with E-state index in [9.17, 15) is 14.9 Å². The van der Waals surface area contributed by atoms with Crippen LogP contribution >= 0.6 is 0 Å². The van der Waals surface area contributed by atoms with Crippen LogP contribution < -0.4 is 11.3 Å². The molecule has 2 aromatic rings. The highest BCUT2D eigenvalue weighted by Crippen LogP contribution is 2.42. The van der Waals surface area contributed by atoms with E-state index in [4.69, 9.17) is 5.73 Å². The molecule has 0 spiro atoms. The molecule has 7 nitrogen and oxygen atoms in total. The number of nitrogens with two attached hydrogens (primary N) is 1. The highest BCUT2D eigenvalue weighted by atomic mass is 16.6. The largest absolute Gasteiger partial charge is 0.393 e. The lowest BCUT2D eigenvalue weighted by atomic mass is 10.2. The Hall–Kier alpha value is -2.57. The van der Waals surface area contributed by atoms with Gasteiger partial charge in [0.2, 0.25) is 0 Å².